The van der Waals surface area contributed by atoms with Gasteiger partial charge in [-0.05, 0) is 64.3 Å². The molecule has 0 bridgehead atoms. The second-order valence-corrected chi connectivity index (χ2v) is 5.72. The smallest absolute Gasteiger partial charge is 0.0505 e. The van der Waals surface area contributed by atoms with Gasteiger partial charge in [0.2, 0.25) is 0 Å². The summed E-state index contributed by atoms with van der Waals surface area (Å²) < 4.78 is 1.22. The van der Waals surface area contributed by atoms with Crippen molar-refractivity contribution in [1.82, 2.24) is 9.80 Å². The quantitative estimate of drug-likeness (QED) is 0.416. The van der Waals surface area contributed by atoms with E-state index < -0.39 is 0 Å². The molecule has 0 amide bonds. The molecular formula is C11H21IN2. The Labute approximate surface area is 101 Å². The van der Waals surface area contributed by atoms with Crippen LogP contribution in [0.2, 0.25) is 0 Å². The maximum Gasteiger partial charge on any atom is 0.0505 e. The lowest BCUT2D eigenvalue weighted by Gasteiger charge is -2.46. The predicted molar refractivity (Wildman–Crippen MR) is 68.9 cm³/mol. The van der Waals surface area contributed by atoms with Gasteiger partial charge < -0.3 is 4.90 Å². The Balaban J connectivity index is 1.86. The second kappa shape index (κ2) is 4.66. The SMILES string of the molecule is CN1CCC2(CC1)CCN(CI)CC2. The van der Waals surface area contributed by atoms with Gasteiger partial charge >= 0.3 is 0 Å². The Morgan fingerprint density at radius 3 is 2.00 bits per heavy atom. The molecule has 2 aliphatic heterocycles. The van der Waals surface area contributed by atoms with Crippen molar-refractivity contribution in [2.24, 2.45) is 5.41 Å². The minimum Gasteiger partial charge on any atom is -0.306 e. The fraction of sp³-hybridized carbons (Fsp3) is 1.00. The van der Waals surface area contributed by atoms with Crippen LogP contribution in [0, 0.1) is 5.41 Å². The van der Waals surface area contributed by atoms with Gasteiger partial charge in [-0.3, -0.25) is 4.90 Å². The highest BCUT2D eigenvalue weighted by Crippen LogP contribution is 2.40. The first-order valence-electron chi connectivity index (χ1n) is 5.71. The van der Waals surface area contributed by atoms with Gasteiger partial charge in [-0.1, -0.05) is 22.6 Å². The van der Waals surface area contributed by atoms with Gasteiger partial charge in [0, 0.05) is 0 Å². The molecule has 0 aliphatic carbocycles. The van der Waals surface area contributed by atoms with E-state index >= 15 is 0 Å². The molecule has 2 saturated heterocycles. The maximum absolute atomic E-state index is 2.59. The summed E-state index contributed by atoms with van der Waals surface area (Å²) in [5.74, 6) is 0. The number of hydrogen-bond donors (Lipinski definition) is 0. The summed E-state index contributed by atoms with van der Waals surface area (Å²) in [7, 11) is 2.26. The molecule has 0 unspecified atom stereocenters. The molecule has 0 aromatic rings. The molecule has 14 heavy (non-hydrogen) atoms. The molecular weight excluding hydrogens is 287 g/mol. The van der Waals surface area contributed by atoms with E-state index in [1.54, 1.807) is 0 Å². The number of likely N-dealkylation sites (tertiary alicyclic amines) is 2. The van der Waals surface area contributed by atoms with Gasteiger partial charge in [0.05, 0.1) is 4.55 Å². The first kappa shape index (κ1) is 11.1. The zero-order valence-electron chi connectivity index (χ0n) is 9.14. The molecule has 0 aromatic carbocycles. The van der Waals surface area contributed by atoms with Gasteiger partial charge in [-0.2, -0.15) is 0 Å². The number of nitrogens with zero attached hydrogens (tertiary/aromatic N) is 2. The van der Waals surface area contributed by atoms with Crippen LogP contribution in [-0.2, 0) is 0 Å². The lowest BCUT2D eigenvalue weighted by atomic mass is 9.71. The van der Waals surface area contributed by atoms with Crippen molar-refractivity contribution in [2.75, 3.05) is 37.8 Å². The Hall–Kier alpha value is 0.650. The molecule has 82 valence electrons. The number of rotatable bonds is 1. The van der Waals surface area contributed by atoms with Gasteiger partial charge in [0.1, 0.15) is 0 Å². The summed E-state index contributed by atoms with van der Waals surface area (Å²) in [5, 5.41) is 0. The van der Waals surface area contributed by atoms with E-state index in [-0.39, 0.29) is 0 Å². The highest BCUT2D eigenvalue weighted by atomic mass is 127. The van der Waals surface area contributed by atoms with Crippen molar-refractivity contribution in [2.45, 2.75) is 25.7 Å². The van der Waals surface area contributed by atoms with Gasteiger partial charge in [-0.25, -0.2) is 0 Å². The van der Waals surface area contributed by atoms with E-state index in [1.807, 2.05) is 0 Å². The highest BCUT2D eigenvalue weighted by molar-refractivity contribution is 14.1. The monoisotopic (exact) mass is 308 g/mol. The third-order valence-corrected chi connectivity index (χ3v) is 5.10. The van der Waals surface area contributed by atoms with Crippen molar-refractivity contribution >= 4 is 22.6 Å². The van der Waals surface area contributed by atoms with Crippen molar-refractivity contribution in [1.29, 1.82) is 0 Å². The van der Waals surface area contributed by atoms with Crippen molar-refractivity contribution in [3.05, 3.63) is 0 Å². The Bertz CT molecular complexity index is 178. The van der Waals surface area contributed by atoms with E-state index in [4.69, 9.17) is 0 Å². The standard InChI is InChI=1S/C11H21IN2/c1-13-6-2-11(3-7-13)4-8-14(10-12)9-5-11/h2-10H2,1H3. The van der Waals surface area contributed by atoms with Crippen LogP contribution in [0.25, 0.3) is 0 Å². The summed E-state index contributed by atoms with van der Waals surface area (Å²) in [6, 6.07) is 0. The Kier molecular flexibility index (Phi) is 3.71. The number of alkyl halides is 1. The number of piperidine rings is 2. The first-order valence-corrected chi connectivity index (χ1v) is 7.24. The topological polar surface area (TPSA) is 6.48 Å². The highest BCUT2D eigenvalue weighted by Gasteiger charge is 2.36. The van der Waals surface area contributed by atoms with Crippen LogP contribution < -0.4 is 0 Å². The van der Waals surface area contributed by atoms with Gasteiger partial charge in [0.15, 0.2) is 0 Å². The molecule has 2 rings (SSSR count). The lowest BCUT2D eigenvalue weighted by Crippen LogP contribution is -2.45. The molecule has 2 aliphatic rings. The number of halogens is 1. The van der Waals surface area contributed by atoms with E-state index in [1.165, 1.54) is 56.4 Å². The Morgan fingerprint density at radius 1 is 1.00 bits per heavy atom. The minimum absolute atomic E-state index is 0.731. The van der Waals surface area contributed by atoms with Crippen LogP contribution >= 0.6 is 22.6 Å². The van der Waals surface area contributed by atoms with E-state index in [9.17, 15) is 0 Å². The summed E-state index contributed by atoms with van der Waals surface area (Å²) in [4.78, 5) is 5.07. The third-order valence-electron chi connectivity index (χ3n) is 4.13. The molecule has 2 nitrogen and oxygen atoms in total. The summed E-state index contributed by atoms with van der Waals surface area (Å²) in [5.41, 5.74) is 0.731. The fourth-order valence-corrected chi connectivity index (χ4v) is 3.42. The molecule has 0 N–H and O–H groups in total. The maximum atomic E-state index is 2.59. The third kappa shape index (κ3) is 2.42. The Morgan fingerprint density at radius 2 is 1.50 bits per heavy atom. The van der Waals surface area contributed by atoms with Crippen LogP contribution in [0.3, 0.4) is 0 Å². The van der Waals surface area contributed by atoms with E-state index in [0.717, 1.165) is 5.41 Å². The van der Waals surface area contributed by atoms with Crippen LogP contribution in [0.5, 0.6) is 0 Å². The molecule has 0 atom stereocenters. The molecule has 2 fully saturated rings. The molecule has 0 saturated carbocycles. The van der Waals surface area contributed by atoms with Gasteiger partial charge in [0.25, 0.3) is 0 Å². The normalized spacial score (nSPS) is 29.6. The van der Waals surface area contributed by atoms with E-state index in [0.29, 0.717) is 0 Å². The fourth-order valence-electron chi connectivity index (χ4n) is 2.74. The molecule has 0 radical (unpaired) electrons. The average molecular weight is 308 g/mol. The van der Waals surface area contributed by atoms with Crippen molar-refractivity contribution < 1.29 is 0 Å². The van der Waals surface area contributed by atoms with Crippen LogP contribution in [-0.4, -0.2) is 47.6 Å². The van der Waals surface area contributed by atoms with Crippen molar-refractivity contribution in [3.63, 3.8) is 0 Å². The average Bonchev–Trinajstić information content (AvgIpc) is 2.24. The van der Waals surface area contributed by atoms with Crippen LogP contribution in [0.15, 0.2) is 0 Å². The molecule has 0 aromatic heterocycles. The molecule has 1 spiro atoms. The predicted octanol–water partition coefficient (Wildman–Crippen LogP) is 2.19. The minimum atomic E-state index is 0.731. The van der Waals surface area contributed by atoms with Crippen molar-refractivity contribution in [3.8, 4) is 0 Å². The largest absolute Gasteiger partial charge is 0.306 e. The zero-order chi connectivity index (χ0) is 10.0. The molecule has 2 heterocycles. The second-order valence-electron chi connectivity index (χ2n) is 5.04. The number of hydrogen-bond acceptors (Lipinski definition) is 2. The molecule has 3 heteroatoms. The van der Waals surface area contributed by atoms with Crippen LogP contribution in [0.1, 0.15) is 25.7 Å². The zero-order valence-corrected chi connectivity index (χ0v) is 11.3. The van der Waals surface area contributed by atoms with E-state index in [2.05, 4.69) is 39.4 Å². The van der Waals surface area contributed by atoms with Crippen LogP contribution in [0.4, 0.5) is 0 Å². The first-order chi connectivity index (χ1) is 6.74. The summed E-state index contributed by atoms with van der Waals surface area (Å²) >= 11 is 2.49. The lowest BCUT2D eigenvalue weighted by molar-refractivity contribution is 0.0508. The summed E-state index contributed by atoms with van der Waals surface area (Å²) in [6.07, 6.45) is 5.78. The van der Waals surface area contributed by atoms with Gasteiger partial charge in [-0.15, -0.1) is 0 Å². The summed E-state index contributed by atoms with van der Waals surface area (Å²) in [6.45, 7) is 5.33.